The number of nitrogens with zero attached hydrogens (tertiary/aromatic N) is 1. The topological polar surface area (TPSA) is 12.9 Å². The van der Waals surface area contributed by atoms with Gasteiger partial charge in [0.15, 0.2) is 0 Å². The van der Waals surface area contributed by atoms with Crippen LogP contribution in [0.1, 0.15) is 11.3 Å². The van der Waals surface area contributed by atoms with Crippen LogP contribution < -0.4 is 0 Å². The quantitative estimate of drug-likeness (QED) is 0.405. The maximum absolute atomic E-state index is 4.79. The lowest BCUT2D eigenvalue weighted by atomic mass is 10.0. The number of hydrogen-bond donors (Lipinski definition) is 0. The van der Waals surface area contributed by atoms with Crippen LogP contribution in [0.2, 0.25) is 0 Å². The summed E-state index contributed by atoms with van der Waals surface area (Å²) in [5.41, 5.74) is 3.60. The van der Waals surface area contributed by atoms with Crippen LogP contribution in [0.15, 0.2) is 76.6 Å². The second kappa shape index (κ2) is 6.26. The Bertz CT molecular complexity index is 957. The first-order chi connectivity index (χ1) is 11.3. The van der Waals surface area contributed by atoms with Gasteiger partial charge in [0.05, 0.1) is 5.69 Å². The van der Waals surface area contributed by atoms with Gasteiger partial charge in [-0.1, -0.05) is 70.5 Å². The van der Waals surface area contributed by atoms with Gasteiger partial charge in [0.2, 0.25) is 0 Å². The summed E-state index contributed by atoms with van der Waals surface area (Å²) in [6.07, 6.45) is 0.873. The second-order valence-corrected chi connectivity index (χ2v) is 7.28. The molecule has 112 valence electrons. The monoisotopic (exact) mass is 379 g/mol. The molecule has 0 atom stereocenters. The van der Waals surface area contributed by atoms with E-state index >= 15 is 0 Å². The van der Waals surface area contributed by atoms with Gasteiger partial charge in [-0.25, -0.2) is 4.98 Å². The fourth-order valence-corrected chi connectivity index (χ4v) is 3.76. The first kappa shape index (κ1) is 14.6. The lowest BCUT2D eigenvalue weighted by Crippen LogP contribution is -1.89. The summed E-state index contributed by atoms with van der Waals surface area (Å²) in [4.78, 5) is 4.79. The highest BCUT2D eigenvalue weighted by molar-refractivity contribution is 9.10. The zero-order valence-electron chi connectivity index (χ0n) is 12.4. The van der Waals surface area contributed by atoms with E-state index in [4.69, 9.17) is 4.98 Å². The van der Waals surface area contributed by atoms with Gasteiger partial charge in [-0.05, 0) is 28.5 Å². The highest BCUT2D eigenvalue weighted by atomic mass is 79.9. The first-order valence-corrected chi connectivity index (χ1v) is 9.13. The molecule has 4 aromatic rings. The molecule has 0 saturated heterocycles. The Morgan fingerprint density at radius 3 is 2.48 bits per heavy atom. The van der Waals surface area contributed by atoms with Crippen LogP contribution in [0.25, 0.3) is 21.3 Å². The number of fused-ring (bicyclic) bond motifs is 1. The maximum Gasteiger partial charge on any atom is 0.123 e. The van der Waals surface area contributed by atoms with Gasteiger partial charge in [0.1, 0.15) is 5.01 Å². The smallest absolute Gasteiger partial charge is 0.123 e. The molecule has 0 unspecified atom stereocenters. The van der Waals surface area contributed by atoms with Crippen molar-refractivity contribution in [2.75, 3.05) is 0 Å². The van der Waals surface area contributed by atoms with Gasteiger partial charge >= 0.3 is 0 Å². The van der Waals surface area contributed by atoms with E-state index in [-0.39, 0.29) is 0 Å². The van der Waals surface area contributed by atoms with E-state index in [2.05, 4.69) is 88.0 Å². The molecule has 0 bridgehead atoms. The molecular formula is C20H14BrNS. The van der Waals surface area contributed by atoms with Crippen molar-refractivity contribution in [1.82, 2.24) is 4.98 Å². The van der Waals surface area contributed by atoms with Gasteiger partial charge in [-0.3, -0.25) is 0 Å². The number of hydrogen-bond acceptors (Lipinski definition) is 2. The standard InChI is InChI=1S/C20H14BrNS/c21-18-9-7-16(8-10-18)20-22-19(13-23-20)12-14-5-6-15-3-1-2-4-17(15)11-14/h1-11,13H,12H2. The highest BCUT2D eigenvalue weighted by Crippen LogP contribution is 2.26. The Balaban J connectivity index is 1.60. The third kappa shape index (κ3) is 3.21. The normalized spacial score (nSPS) is 11.0. The molecule has 0 aliphatic carbocycles. The first-order valence-electron chi connectivity index (χ1n) is 7.46. The van der Waals surface area contributed by atoms with Crippen LogP contribution in [0.4, 0.5) is 0 Å². The van der Waals surface area contributed by atoms with Gasteiger partial charge < -0.3 is 0 Å². The summed E-state index contributed by atoms with van der Waals surface area (Å²) in [6.45, 7) is 0. The molecule has 3 aromatic carbocycles. The molecule has 0 aliphatic heterocycles. The second-order valence-electron chi connectivity index (χ2n) is 5.51. The molecule has 0 fully saturated rings. The Labute approximate surface area is 147 Å². The summed E-state index contributed by atoms with van der Waals surface area (Å²) in [5.74, 6) is 0. The summed E-state index contributed by atoms with van der Waals surface area (Å²) in [7, 11) is 0. The van der Waals surface area contributed by atoms with E-state index in [1.807, 2.05) is 0 Å². The predicted molar refractivity (Wildman–Crippen MR) is 102 cm³/mol. The molecular weight excluding hydrogens is 366 g/mol. The minimum absolute atomic E-state index is 0.873. The number of rotatable bonds is 3. The van der Waals surface area contributed by atoms with Gasteiger partial charge in [0.25, 0.3) is 0 Å². The van der Waals surface area contributed by atoms with Crippen LogP contribution >= 0.6 is 27.3 Å². The minimum atomic E-state index is 0.873. The lowest BCUT2D eigenvalue weighted by molar-refractivity contribution is 1.11. The molecule has 1 heterocycles. The molecule has 0 spiro atoms. The Morgan fingerprint density at radius 2 is 1.65 bits per heavy atom. The van der Waals surface area contributed by atoms with Crippen LogP contribution in [0, 0.1) is 0 Å². The van der Waals surface area contributed by atoms with Crippen LogP contribution in [0.3, 0.4) is 0 Å². The average Bonchev–Trinajstić information content (AvgIpc) is 3.04. The maximum atomic E-state index is 4.79. The zero-order chi connectivity index (χ0) is 15.6. The highest BCUT2D eigenvalue weighted by Gasteiger charge is 2.06. The van der Waals surface area contributed by atoms with E-state index in [1.165, 1.54) is 21.9 Å². The summed E-state index contributed by atoms with van der Waals surface area (Å²) in [5, 5.41) is 5.80. The van der Waals surface area contributed by atoms with Crippen LogP contribution in [0.5, 0.6) is 0 Å². The molecule has 0 radical (unpaired) electrons. The van der Waals surface area contributed by atoms with E-state index in [0.29, 0.717) is 0 Å². The van der Waals surface area contributed by atoms with E-state index < -0.39 is 0 Å². The fraction of sp³-hybridized carbons (Fsp3) is 0.0500. The molecule has 0 saturated carbocycles. The summed E-state index contributed by atoms with van der Waals surface area (Å²) < 4.78 is 1.09. The van der Waals surface area contributed by atoms with E-state index in [9.17, 15) is 0 Å². The van der Waals surface area contributed by atoms with Crippen molar-refractivity contribution in [3.63, 3.8) is 0 Å². The van der Waals surface area contributed by atoms with Crippen LogP contribution in [-0.4, -0.2) is 4.98 Å². The van der Waals surface area contributed by atoms with Crippen molar-refractivity contribution in [2.45, 2.75) is 6.42 Å². The largest absolute Gasteiger partial charge is 0.241 e. The van der Waals surface area contributed by atoms with Crippen molar-refractivity contribution >= 4 is 38.0 Å². The molecule has 0 aliphatic rings. The van der Waals surface area contributed by atoms with Crippen molar-refractivity contribution in [3.8, 4) is 10.6 Å². The van der Waals surface area contributed by atoms with Crippen molar-refractivity contribution in [2.24, 2.45) is 0 Å². The third-order valence-electron chi connectivity index (χ3n) is 3.84. The van der Waals surface area contributed by atoms with E-state index in [1.54, 1.807) is 11.3 Å². The summed E-state index contributed by atoms with van der Waals surface area (Å²) in [6, 6.07) is 23.4. The fourth-order valence-electron chi connectivity index (χ4n) is 2.67. The number of thiazole rings is 1. The van der Waals surface area contributed by atoms with Gasteiger partial charge in [0, 0.05) is 21.8 Å². The van der Waals surface area contributed by atoms with Crippen molar-refractivity contribution in [3.05, 3.63) is 87.8 Å². The minimum Gasteiger partial charge on any atom is -0.241 e. The van der Waals surface area contributed by atoms with Gasteiger partial charge in [-0.2, -0.15) is 0 Å². The molecule has 1 aromatic heterocycles. The van der Waals surface area contributed by atoms with Crippen LogP contribution in [-0.2, 0) is 6.42 Å². The Kier molecular flexibility index (Phi) is 3.98. The summed E-state index contributed by atoms with van der Waals surface area (Å²) >= 11 is 5.18. The van der Waals surface area contributed by atoms with E-state index in [0.717, 1.165) is 21.6 Å². The Morgan fingerprint density at radius 1 is 0.870 bits per heavy atom. The molecule has 0 amide bonds. The molecule has 3 heteroatoms. The SMILES string of the molecule is Brc1ccc(-c2nc(Cc3ccc4ccccc4c3)cs2)cc1. The van der Waals surface area contributed by atoms with Crippen molar-refractivity contribution < 1.29 is 0 Å². The molecule has 4 rings (SSSR count). The van der Waals surface area contributed by atoms with Gasteiger partial charge in [-0.15, -0.1) is 11.3 Å². The van der Waals surface area contributed by atoms with Crippen molar-refractivity contribution in [1.29, 1.82) is 0 Å². The Hall–Kier alpha value is -1.97. The number of halogens is 1. The average molecular weight is 380 g/mol. The number of aromatic nitrogens is 1. The third-order valence-corrected chi connectivity index (χ3v) is 5.31. The lowest BCUT2D eigenvalue weighted by Gasteiger charge is -2.02. The zero-order valence-corrected chi connectivity index (χ0v) is 14.8. The molecule has 1 nitrogen and oxygen atoms in total. The predicted octanol–water partition coefficient (Wildman–Crippen LogP) is 6.32. The molecule has 23 heavy (non-hydrogen) atoms. The number of benzene rings is 3. The molecule has 0 N–H and O–H groups in total.